The highest BCUT2D eigenvalue weighted by Gasteiger charge is 1.99. The molecule has 10 heavy (non-hydrogen) atoms. The number of hydrogen-bond acceptors (Lipinski definition) is 1. The molecule has 0 atom stereocenters. The van der Waals surface area contributed by atoms with Crippen LogP contribution in [0.1, 0.15) is 11.3 Å². The number of nitrogens with zero attached hydrogens (tertiary/aromatic N) is 2. The van der Waals surface area contributed by atoms with E-state index >= 15 is 0 Å². The molecule has 0 saturated heterocycles. The quantitative estimate of drug-likeness (QED) is 0.668. The lowest BCUT2D eigenvalue weighted by atomic mass is 10.2. The zero-order valence-electron chi connectivity index (χ0n) is 6.26. The van der Waals surface area contributed by atoms with Crippen molar-refractivity contribution in [3.05, 3.63) is 17.5 Å². The summed E-state index contributed by atoms with van der Waals surface area (Å²) in [5, 5.41) is 5.24. The van der Waals surface area contributed by atoms with Gasteiger partial charge in [-0.2, -0.15) is 5.10 Å². The summed E-state index contributed by atoms with van der Waals surface area (Å²) in [6.07, 6.45) is 3.14. The molecule has 3 heteroatoms. The van der Waals surface area contributed by atoms with E-state index in [1.54, 1.807) is 0 Å². The SMILES string of the molecule is Cc1nn(C)cc1CCBr. The van der Waals surface area contributed by atoms with Crippen LogP contribution < -0.4 is 0 Å². The van der Waals surface area contributed by atoms with Gasteiger partial charge in [0.05, 0.1) is 5.69 Å². The summed E-state index contributed by atoms with van der Waals surface area (Å²) in [4.78, 5) is 0. The van der Waals surface area contributed by atoms with Gasteiger partial charge in [0.15, 0.2) is 0 Å². The average molecular weight is 203 g/mol. The van der Waals surface area contributed by atoms with Crippen LogP contribution in [0.15, 0.2) is 6.20 Å². The van der Waals surface area contributed by atoms with Crippen LogP contribution in [-0.2, 0) is 13.5 Å². The minimum Gasteiger partial charge on any atom is -0.275 e. The summed E-state index contributed by atoms with van der Waals surface area (Å²) in [7, 11) is 1.95. The Hall–Kier alpha value is -0.310. The third-order valence-corrected chi connectivity index (χ3v) is 1.88. The first-order chi connectivity index (χ1) is 4.74. The predicted molar refractivity (Wildman–Crippen MR) is 45.4 cm³/mol. The molecule has 1 heterocycles. The van der Waals surface area contributed by atoms with Gasteiger partial charge < -0.3 is 0 Å². The Bertz CT molecular complexity index is 217. The Kier molecular flexibility index (Phi) is 2.49. The minimum atomic E-state index is 1.01. The van der Waals surface area contributed by atoms with Gasteiger partial charge in [0.25, 0.3) is 0 Å². The highest BCUT2D eigenvalue weighted by atomic mass is 79.9. The molecule has 0 spiro atoms. The van der Waals surface area contributed by atoms with Crippen LogP contribution in [0.25, 0.3) is 0 Å². The Balaban J connectivity index is 2.81. The third-order valence-electron chi connectivity index (χ3n) is 1.48. The number of rotatable bonds is 2. The van der Waals surface area contributed by atoms with Crippen LogP contribution in [0.2, 0.25) is 0 Å². The molecule has 0 aliphatic heterocycles. The lowest BCUT2D eigenvalue weighted by Gasteiger charge is -1.89. The molecule has 0 aliphatic carbocycles. The summed E-state index contributed by atoms with van der Waals surface area (Å²) in [6, 6.07) is 0. The molecule has 2 nitrogen and oxygen atoms in total. The molecule has 0 N–H and O–H groups in total. The van der Waals surface area contributed by atoms with E-state index in [9.17, 15) is 0 Å². The van der Waals surface area contributed by atoms with E-state index < -0.39 is 0 Å². The van der Waals surface area contributed by atoms with Crippen LogP contribution in [0.3, 0.4) is 0 Å². The topological polar surface area (TPSA) is 17.8 Å². The maximum atomic E-state index is 4.23. The second-order valence-corrected chi connectivity index (χ2v) is 3.15. The highest BCUT2D eigenvalue weighted by molar-refractivity contribution is 9.09. The largest absolute Gasteiger partial charge is 0.275 e. The van der Waals surface area contributed by atoms with Gasteiger partial charge in [-0.3, -0.25) is 4.68 Å². The van der Waals surface area contributed by atoms with E-state index in [-0.39, 0.29) is 0 Å². The summed E-state index contributed by atoms with van der Waals surface area (Å²) in [6.45, 7) is 2.04. The molecule has 0 aromatic carbocycles. The molecule has 0 saturated carbocycles. The van der Waals surface area contributed by atoms with Crippen molar-refractivity contribution in [2.24, 2.45) is 7.05 Å². The lowest BCUT2D eigenvalue weighted by molar-refractivity contribution is 0.756. The smallest absolute Gasteiger partial charge is 0.0625 e. The molecule has 56 valence electrons. The first kappa shape index (κ1) is 7.79. The molecular formula is C7H11BrN2. The van der Waals surface area contributed by atoms with Crippen LogP contribution >= 0.6 is 15.9 Å². The molecule has 0 amide bonds. The standard InChI is InChI=1S/C7H11BrN2/c1-6-7(3-4-8)5-10(2)9-6/h5H,3-4H2,1-2H3. The first-order valence-corrected chi connectivity index (χ1v) is 4.41. The first-order valence-electron chi connectivity index (χ1n) is 3.29. The van der Waals surface area contributed by atoms with Gasteiger partial charge in [0.2, 0.25) is 0 Å². The van der Waals surface area contributed by atoms with Crippen LogP contribution in [0.4, 0.5) is 0 Å². The van der Waals surface area contributed by atoms with Gasteiger partial charge >= 0.3 is 0 Å². The van der Waals surface area contributed by atoms with Crippen molar-refractivity contribution in [2.75, 3.05) is 5.33 Å². The van der Waals surface area contributed by atoms with Crippen molar-refractivity contribution in [2.45, 2.75) is 13.3 Å². The van der Waals surface area contributed by atoms with E-state index in [0.717, 1.165) is 17.4 Å². The Morgan fingerprint density at radius 1 is 1.70 bits per heavy atom. The summed E-state index contributed by atoms with van der Waals surface area (Å²) in [5.74, 6) is 0. The summed E-state index contributed by atoms with van der Waals surface area (Å²) >= 11 is 3.39. The monoisotopic (exact) mass is 202 g/mol. The van der Waals surface area contributed by atoms with Crippen molar-refractivity contribution in [1.29, 1.82) is 0 Å². The molecule has 0 bridgehead atoms. The number of hydrogen-bond donors (Lipinski definition) is 0. The van der Waals surface area contributed by atoms with Gasteiger partial charge in [-0.15, -0.1) is 0 Å². The fraction of sp³-hybridized carbons (Fsp3) is 0.571. The maximum Gasteiger partial charge on any atom is 0.0625 e. The van der Waals surface area contributed by atoms with E-state index in [2.05, 4.69) is 27.2 Å². The molecule has 0 aliphatic rings. The van der Waals surface area contributed by atoms with Gasteiger partial charge in [-0.1, -0.05) is 15.9 Å². The summed E-state index contributed by atoms with van der Waals surface area (Å²) < 4.78 is 1.85. The highest BCUT2D eigenvalue weighted by Crippen LogP contribution is 2.06. The van der Waals surface area contributed by atoms with Crippen molar-refractivity contribution in [3.63, 3.8) is 0 Å². The molecule has 1 rings (SSSR count). The van der Waals surface area contributed by atoms with Gasteiger partial charge in [0, 0.05) is 18.6 Å². The molecule has 1 aromatic rings. The normalized spacial score (nSPS) is 10.3. The fourth-order valence-electron chi connectivity index (χ4n) is 0.996. The zero-order valence-corrected chi connectivity index (χ0v) is 7.85. The second-order valence-electron chi connectivity index (χ2n) is 2.35. The van der Waals surface area contributed by atoms with Gasteiger partial charge in [-0.05, 0) is 18.9 Å². The lowest BCUT2D eigenvalue weighted by Crippen LogP contribution is -1.86. The van der Waals surface area contributed by atoms with Crippen LogP contribution in [0, 0.1) is 6.92 Å². The van der Waals surface area contributed by atoms with Crippen molar-refractivity contribution in [3.8, 4) is 0 Å². The van der Waals surface area contributed by atoms with E-state index in [0.29, 0.717) is 0 Å². The van der Waals surface area contributed by atoms with Gasteiger partial charge in [0.1, 0.15) is 0 Å². The van der Waals surface area contributed by atoms with Crippen LogP contribution in [0.5, 0.6) is 0 Å². The molecule has 0 radical (unpaired) electrons. The van der Waals surface area contributed by atoms with Crippen molar-refractivity contribution < 1.29 is 0 Å². The Morgan fingerprint density at radius 2 is 2.40 bits per heavy atom. The molecular weight excluding hydrogens is 192 g/mol. The fourth-order valence-corrected chi connectivity index (χ4v) is 1.42. The Morgan fingerprint density at radius 3 is 2.80 bits per heavy atom. The van der Waals surface area contributed by atoms with E-state index in [1.807, 2.05) is 18.7 Å². The summed E-state index contributed by atoms with van der Waals surface area (Å²) in [5.41, 5.74) is 2.47. The zero-order chi connectivity index (χ0) is 7.56. The van der Waals surface area contributed by atoms with Crippen molar-refractivity contribution in [1.82, 2.24) is 9.78 Å². The van der Waals surface area contributed by atoms with E-state index in [1.165, 1.54) is 5.56 Å². The molecule has 0 fully saturated rings. The van der Waals surface area contributed by atoms with Crippen molar-refractivity contribution >= 4 is 15.9 Å². The average Bonchev–Trinajstić information content (AvgIpc) is 2.13. The number of alkyl halides is 1. The molecule has 0 unspecified atom stereocenters. The van der Waals surface area contributed by atoms with Gasteiger partial charge in [-0.25, -0.2) is 0 Å². The predicted octanol–water partition coefficient (Wildman–Crippen LogP) is 1.67. The number of halogens is 1. The molecule has 1 aromatic heterocycles. The minimum absolute atomic E-state index is 1.01. The number of aromatic nitrogens is 2. The number of aryl methyl sites for hydroxylation is 3. The third kappa shape index (κ3) is 1.59. The van der Waals surface area contributed by atoms with Crippen LogP contribution in [-0.4, -0.2) is 15.1 Å². The maximum absolute atomic E-state index is 4.23. The Labute approximate surface area is 69.4 Å². The second kappa shape index (κ2) is 3.19. The van der Waals surface area contributed by atoms with E-state index in [4.69, 9.17) is 0 Å².